The zero-order chi connectivity index (χ0) is 14.9. The molecule has 0 aromatic heterocycles. The molecule has 2 aliphatic carbocycles. The molecule has 118 valence electrons. The summed E-state index contributed by atoms with van der Waals surface area (Å²) < 4.78 is 5.59. The van der Waals surface area contributed by atoms with E-state index in [0.717, 1.165) is 25.4 Å². The van der Waals surface area contributed by atoms with Crippen LogP contribution in [0.5, 0.6) is 0 Å². The van der Waals surface area contributed by atoms with Crippen molar-refractivity contribution in [3.63, 3.8) is 0 Å². The highest BCUT2D eigenvalue weighted by atomic mass is 16.5. The average molecular weight is 299 g/mol. The molecule has 0 bridgehead atoms. The van der Waals surface area contributed by atoms with Crippen molar-refractivity contribution in [3.8, 4) is 0 Å². The fourth-order valence-electron chi connectivity index (χ4n) is 4.88. The van der Waals surface area contributed by atoms with Gasteiger partial charge in [0.2, 0.25) is 5.91 Å². The maximum atomic E-state index is 12.4. The van der Waals surface area contributed by atoms with Crippen LogP contribution in [0.25, 0.3) is 0 Å². The summed E-state index contributed by atoms with van der Waals surface area (Å²) in [7, 11) is 0. The number of hydrogen-bond donors (Lipinski definition) is 1. The second-order valence-corrected chi connectivity index (χ2v) is 7.13. The largest absolute Gasteiger partial charge is 0.378 e. The molecule has 3 fully saturated rings. The van der Waals surface area contributed by atoms with Crippen LogP contribution in [0.2, 0.25) is 0 Å². The Morgan fingerprint density at radius 1 is 1.09 bits per heavy atom. The number of rotatable bonds is 4. The molecule has 4 rings (SSSR count). The first-order valence-corrected chi connectivity index (χ1v) is 8.79. The molecule has 2 saturated carbocycles. The summed E-state index contributed by atoms with van der Waals surface area (Å²) in [5.41, 5.74) is 1.40. The maximum Gasteiger partial charge on any atom is 0.222 e. The van der Waals surface area contributed by atoms with Gasteiger partial charge in [0.1, 0.15) is 0 Å². The van der Waals surface area contributed by atoms with E-state index in [4.69, 9.17) is 4.74 Å². The lowest BCUT2D eigenvalue weighted by atomic mass is 9.60. The molecule has 3 heteroatoms. The van der Waals surface area contributed by atoms with Crippen LogP contribution in [0.3, 0.4) is 0 Å². The van der Waals surface area contributed by atoms with Crippen molar-refractivity contribution in [1.82, 2.24) is 5.32 Å². The summed E-state index contributed by atoms with van der Waals surface area (Å²) in [6.45, 7) is 0.818. The Morgan fingerprint density at radius 2 is 1.91 bits per heavy atom. The highest BCUT2D eigenvalue weighted by Crippen LogP contribution is 2.55. The molecular formula is C19H25NO2. The Balaban J connectivity index is 1.43. The summed E-state index contributed by atoms with van der Waals surface area (Å²) in [6, 6.07) is 11.1. The maximum absolute atomic E-state index is 12.4. The van der Waals surface area contributed by atoms with Gasteiger partial charge in [-0.2, -0.15) is 0 Å². The van der Waals surface area contributed by atoms with Crippen molar-refractivity contribution in [3.05, 3.63) is 35.9 Å². The van der Waals surface area contributed by atoms with Crippen LogP contribution in [0.15, 0.2) is 30.3 Å². The SMILES string of the molecule is O=C(C[C@@H]1CCCO1)N[C@@H]1[C@@H]2CCC[C@@H]2[C@@H]1c1ccccc1. The lowest BCUT2D eigenvalue weighted by molar-refractivity contribution is -0.126. The normalized spacial score (nSPS) is 36.6. The molecular weight excluding hydrogens is 274 g/mol. The summed E-state index contributed by atoms with van der Waals surface area (Å²) in [5.74, 6) is 2.17. The molecule has 1 aliphatic heterocycles. The molecule has 3 aliphatic rings. The predicted molar refractivity (Wildman–Crippen MR) is 85.5 cm³/mol. The van der Waals surface area contributed by atoms with Crippen LogP contribution >= 0.6 is 0 Å². The summed E-state index contributed by atoms with van der Waals surface area (Å²) in [6.07, 6.45) is 6.73. The van der Waals surface area contributed by atoms with E-state index in [-0.39, 0.29) is 12.0 Å². The Labute approximate surface area is 132 Å². The molecule has 1 aromatic carbocycles. The van der Waals surface area contributed by atoms with Crippen molar-refractivity contribution in [2.45, 2.75) is 56.6 Å². The molecule has 0 unspecified atom stereocenters. The first-order valence-electron chi connectivity index (χ1n) is 8.79. The highest BCUT2D eigenvalue weighted by molar-refractivity contribution is 5.77. The predicted octanol–water partition coefficient (Wildman–Crippen LogP) is 3.25. The van der Waals surface area contributed by atoms with E-state index in [1.165, 1.54) is 24.8 Å². The molecule has 0 spiro atoms. The van der Waals surface area contributed by atoms with E-state index >= 15 is 0 Å². The lowest BCUT2D eigenvalue weighted by Gasteiger charge is -2.49. The smallest absolute Gasteiger partial charge is 0.222 e. The van der Waals surface area contributed by atoms with Crippen LogP contribution in [-0.4, -0.2) is 24.7 Å². The van der Waals surface area contributed by atoms with E-state index in [1.807, 2.05) is 0 Å². The molecule has 0 radical (unpaired) electrons. The Hall–Kier alpha value is -1.35. The molecule has 5 atom stereocenters. The third-order valence-electron chi connectivity index (χ3n) is 5.88. The third-order valence-corrected chi connectivity index (χ3v) is 5.88. The van der Waals surface area contributed by atoms with E-state index < -0.39 is 0 Å². The van der Waals surface area contributed by atoms with Gasteiger partial charge in [0.15, 0.2) is 0 Å². The van der Waals surface area contributed by atoms with Crippen molar-refractivity contribution < 1.29 is 9.53 Å². The van der Waals surface area contributed by atoms with Crippen LogP contribution in [-0.2, 0) is 9.53 Å². The van der Waals surface area contributed by atoms with Gasteiger partial charge in [0.25, 0.3) is 0 Å². The van der Waals surface area contributed by atoms with E-state index in [0.29, 0.717) is 24.3 Å². The molecule has 1 N–H and O–H groups in total. The van der Waals surface area contributed by atoms with Crippen LogP contribution in [0.4, 0.5) is 0 Å². The zero-order valence-corrected chi connectivity index (χ0v) is 13.0. The number of ether oxygens (including phenoxy) is 1. The quantitative estimate of drug-likeness (QED) is 0.927. The van der Waals surface area contributed by atoms with Crippen LogP contribution < -0.4 is 5.32 Å². The third kappa shape index (κ3) is 2.56. The number of carbonyl (C=O) groups is 1. The van der Waals surface area contributed by atoms with E-state index in [1.54, 1.807) is 0 Å². The minimum absolute atomic E-state index is 0.148. The van der Waals surface area contributed by atoms with Gasteiger partial charge in [0, 0.05) is 18.6 Å². The zero-order valence-electron chi connectivity index (χ0n) is 13.0. The molecule has 1 saturated heterocycles. The van der Waals surface area contributed by atoms with Gasteiger partial charge in [-0.05, 0) is 43.1 Å². The number of benzene rings is 1. The molecule has 1 amide bonds. The number of amides is 1. The van der Waals surface area contributed by atoms with Gasteiger partial charge in [0.05, 0.1) is 12.5 Å². The monoisotopic (exact) mass is 299 g/mol. The Morgan fingerprint density at radius 3 is 2.68 bits per heavy atom. The first-order chi connectivity index (χ1) is 10.8. The Kier molecular flexibility index (Phi) is 3.91. The van der Waals surface area contributed by atoms with Gasteiger partial charge >= 0.3 is 0 Å². The number of fused-ring (bicyclic) bond motifs is 1. The van der Waals surface area contributed by atoms with Crippen molar-refractivity contribution in [2.75, 3.05) is 6.61 Å². The number of nitrogens with one attached hydrogen (secondary N) is 1. The number of carbonyl (C=O) groups excluding carboxylic acids is 1. The topological polar surface area (TPSA) is 38.3 Å². The lowest BCUT2D eigenvalue weighted by Crippen LogP contribution is -2.56. The second kappa shape index (κ2) is 6.04. The molecule has 1 heterocycles. The standard InChI is InChI=1S/C19H25NO2/c21-17(12-14-8-5-11-22-14)20-19-16-10-4-9-15(16)18(19)13-6-2-1-3-7-13/h1-3,6-7,14-16,18-19H,4-5,8-12H2,(H,20,21)/t14-,15-,16+,18-,19+/m0/s1. The van der Waals surface area contributed by atoms with Gasteiger partial charge in [-0.1, -0.05) is 36.8 Å². The minimum Gasteiger partial charge on any atom is -0.378 e. The van der Waals surface area contributed by atoms with E-state index in [2.05, 4.69) is 35.6 Å². The van der Waals surface area contributed by atoms with Gasteiger partial charge < -0.3 is 10.1 Å². The fourth-order valence-corrected chi connectivity index (χ4v) is 4.88. The van der Waals surface area contributed by atoms with Crippen molar-refractivity contribution >= 4 is 5.91 Å². The number of hydrogen-bond acceptors (Lipinski definition) is 2. The second-order valence-electron chi connectivity index (χ2n) is 7.13. The molecule has 1 aromatic rings. The van der Waals surface area contributed by atoms with E-state index in [9.17, 15) is 4.79 Å². The van der Waals surface area contributed by atoms with Crippen LogP contribution in [0, 0.1) is 11.8 Å². The van der Waals surface area contributed by atoms with Crippen molar-refractivity contribution in [2.24, 2.45) is 11.8 Å². The fraction of sp³-hybridized carbons (Fsp3) is 0.632. The van der Waals surface area contributed by atoms with Crippen molar-refractivity contribution in [1.29, 1.82) is 0 Å². The summed E-state index contributed by atoms with van der Waals surface area (Å²) >= 11 is 0. The van der Waals surface area contributed by atoms with Gasteiger partial charge in [-0.25, -0.2) is 0 Å². The Bertz CT molecular complexity index is 523. The first kappa shape index (κ1) is 14.3. The highest BCUT2D eigenvalue weighted by Gasteiger charge is 2.53. The summed E-state index contributed by atoms with van der Waals surface area (Å²) in [4.78, 5) is 12.4. The molecule has 22 heavy (non-hydrogen) atoms. The van der Waals surface area contributed by atoms with Crippen LogP contribution in [0.1, 0.15) is 50.0 Å². The average Bonchev–Trinajstić information content (AvgIpc) is 3.16. The van der Waals surface area contributed by atoms with Gasteiger partial charge in [-0.15, -0.1) is 0 Å². The molecule has 3 nitrogen and oxygen atoms in total. The minimum atomic E-state index is 0.148. The van der Waals surface area contributed by atoms with Gasteiger partial charge in [-0.3, -0.25) is 4.79 Å². The summed E-state index contributed by atoms with van der Waals surface area (Å²) in [5, 5.41) is 3.34.